The predicted octanol–water partition coefficient (Wildman–Crippen LogP) is 3.70. The van der Waals surface area contributed by atoms with E-state index in [1.54, 1.807) is 0 Å². The number of allylic oxidation sites excluding steroid dienone is 1. The van der Waals surface area contributed by atoms with Crippen LogP contribution in [0.25, 0.3) is 5.70 Å². The van der Waals surface area contributed by atoms with E-state index < -0.39 is 0 Å². The first-order chi connectivity index (χ1) is 6.81. The number of nitrogens with zero attached hydrogens (tertiary/aromatic N) is 1. The van der Waals surface area contributed by atoms with Crippen molar-refractivity contribution in [3.8, 4) is 0 Å². The van der Waals surface area contributed by atoms with Crippen molar-refractivity contribution in [2.24, 2.45) is 4.99 Å². The van der Waals surface area contributed by atoms with Crippen molar-refractivity contribution in [2.75, 3.05) is 0 Å². The van der Waals surface area contributed by atoms with Gasteiger partial charge in [0.25, 0.3) is 0 Å². The average molecular weight is 187 g/mol. The summed E-state index contributed by atoms with van der Waals surface area (Å²) in [5.74, 6) is 0. The van der Waals surface area contributed by atoms with E-state index in [4.69, 9.17) is 0 Å². The summed E-state index contributed by atoms with van der Waals surface area (Å²) in [4.78, 5) is 4.32. The highest BCUT2D eigenvalue weighted by Gasteiger charge is 1.98. The van der Waals surface area contributed by atoms with Crippen molar-refractivity contribution in [2.45, 2.75) is 27.2 Å². The number of hydrogen-bond acceptors (Lipinski definition) is 1. The molecular weight excluding hydrogens is 170 g/mol. The van der Waals surface area contributed by atoms with Crippen LogP contribution in [-0.2, 0) is 6.42 Å². The van der Waals surface area contributed by atoms with E-state index in [1.165, 1.54) is 11.1 Å². The fourth-order valence-corrected chi connectivity index (χ4v) is 1.41. The molecule has 0 spiro atoms. The van der Waals surface area contributed by atoms with Gasteiger partial charge in [0.2, 0.25) is 0 Å². The first-order valence-electron chi connectivity index (χ1n) is 5.06. The second-order valence-corrected chi connectivity index (χ2v) is 3.12. The first-order valence-corrected chi connectivity index (χ1v) is 5.06. The summed E-state index contributed by atoms with van der Waals surface area (Å²) in [6, 6.07) is 8.53. The minimum Gasteiger partial charge on any atom is -0.261 e. The molecule has 0 radical (unpaired) electrons. The van der Waals surface area contributed by atoms with Gasteiger partial charge in [0.05, 0.1) is 5.70 Å². The molecule has 1 aromatic rings. The van der Waals surface area contributed by atoms with Crippen LogP contribution in [-0.4, -0.2) is 6.21 Å². The molecule has 0 heterocycles. The molecule has 0 bridgehead atoms. The highest BCUT2D eigenvalue weighted by molar-refractivity contribution is 5.72. The molecule has 0 fully saturated rings. The van der Waals surface area contributed by atoms with Gasteiger partial charge in [0.1, 0.15) is 0 Å². The number of aryl methyl sites for hydroxylation is 1. The van der Waals surface area contributed by atoms with Crippen molar-refractivity contribution in [1.29, 1.82) is 0 Å². The predicted molar refractivity (Wildman–Crippen MR) is 63.6 cm³/mol. The van der Waals surface area contributed by atoms with E-state index in [0.29, 0.717) is 0 Å². The molecule has 0 atom stereocenters. The average Bonchev–Trinajstić information content (AvgIpc) is 2.26. The Balaban J connectivity index is 3.05. The second-order valence-electron chi connectivity index (χ2n) is 3.12. The molecule has 0 aliphatic rings. The van der Waals surface area contributed by atoms with E-state index in [-0.39, 0.29) is 0 Å². The molecule has 0 saturated heterocycles. The number of benzene rings is 1. The van der Waals surface area contributed by atoms with Gasteiger partial charge >= 0.3 is 0 Å². The highest BCUT2D eigenvalue weighted by Crippen LogP contribution is 2.17. The Bertz CT molecular complexity index is 348. The zero-order chi connectivity index (χ0) is 10.4. The topological polar surface area (TPSA) is 12.4 Å². The summed E-state index contributed by atoms with van der Waals surface area (Å²) < 4.78 is 0. The monoisotopic (exact) mass is 187 g/mol. The maximum atomic E-state index is 4.32. The fraction of sp³-hybridized carbons (Fsp3) is 0.308. The number of hydrogen-bond donors (Lipinski definition) is 0. The smallest absolute Gasteiger partial charge is 0.0655 e. The number of aliphatic imine (C=N–C) groups is 1. The Labute approximate surface area is 86.2 Å². The molecule has 14 heavy (non-hydrogen) atoms. The lowest BCUT2D eigenvalue weighted by atomic mass is 10.1. The Morgan fingerprint density at radius 2 is 2.14 bits per heavy atom. The molecule has 74 valence electrons. The molecular formula is C13H17N. The maximum Gasteiger partial charge on any atom is 0.0655 e. The van der Waals surface area contributed by atoms with Crippen LogP contribution in [0, 0.1) is 0 Å². The lowest BCUT2D eigenvalue weighted by Crippen LogP contribution is -1.85. The molecule has 1 aromatic carbocycles. The summed E-state index contributed by atoms with van der Waals surface area (Å²) in [6.45, 7) is 6.12. The van der Waals surface area contributed by atoms with E-state index in [1.807, 2.05) is 26.1 Å². The summed E-state index contributed by atoms with van der Waals surface area (Å²) >= 11 is 0. The quantitative estimate of drug-likeness (QED) is 0.640. The third-order valence-electron chi connectivity index (χ3n) is 2.17. The highest BCUT2D eigenvalue weighted by atomic mass is 14.7. The van der Waals surface area contributed by atoms with Crippen LogP contribution < -0.4 is 0 Å². The van der Waals surface area contributed by atoms with Gasteiger partial charge in [0.15, 0.2) is 0 Å². The van der Waals surface area contributed by atoms with Crippen LogP contribution in [0.5, 0.6) is 0 Å². The molecule has 0 N–H and O–H groups in total. The van der Waals surface area contributed by atoms with Crippen LogP contribution in [0.4, 0.5) is 0 Å². The second kappa shape index (κ2) is 5.38. The van der Waals surface area contributed by atoms with Gasteiger partial charge in [0, 0.05) is 11.8 Å². The maximum absolute atomic E-state index is 4.32. The Morgan fingerprint density at radius 1 is 1.36 bits per heavy atom. The first kappa shape index (κ1) is 10.7. The Kier molecular flexibility index (Phi) is 4.11. The van der Waals surface area contributed by atoms with Crippen LogP contribution in [0.3, 0.4) is 0 Å². The summed E-state index contributed by atoms with van der Waals surface area (Å²) in [5, 5.41) is 0. The summed E-state index contributed by atoms with van der Waals surface area (Å²) in [7, 11) is 0. The van der Waals surface area contributed by atoms with Crippen LogP contribution >= 0.6 is 0 Å². The van der Waals surface area contributed by atoms with Crippen LogP contribution in [0.15, 0.2) is 35.3 Å². The third-order valence-corrected chi connectivity index (χ3v) is 2.17. The van der Waals surface area contributed by atoms with Gasteiger partial charge in [-0.05, 0) is 31.9 Å². The molecule has 0 aromatic heterocycles. The zero-order valence-corrected chi connectivity index (χ0v) is 9.12. The lowest BCUT2D eigenvalue weighted by molar-refractivity contribution is 1.14. The molecule has 0 aliphatic heterocycles. The molecule has 0 unspecified atom stereocenters. The van der Waals surface area contributed by atoms with Gasteiger partial charge in [-0.25, -0.2) is 0 Å². The van der Waals surface area contributed by atoms with Gasteiger partial charge in [-0.1, -0.05) is 31.2 Å². The van der Waals surface area contributed by atoms with E-state index in [0.717, 1.165) is 12.1 Å². The van der Waals surface area contributed by atoms with Crippen LogP contribution in [0.2, 0.25) is 0 Å². The summed E-state index contributed by atoms with van der Waals surface area (Å²) in [5.41, 5.74) is 3.60. The fourth-order valence-electron chi connectivity index (χ4n) is 1.41. The van der Waals surface area contributed by atoms with Gasteiger partial charge in [-0.15, -0.1) is 0 Å². The van der Waals surface area contributed by atoms with Crippen LogP contribution in [0.1, 0.15) is 31.9 Å². The van der Waals surface area contributed by atoms with E-state index in [9.17, 15) is 0 Å². The molecule has 0 saturated carbocycles. The van der Waals surface area contributed by atoms with Gasteiger partial charge in [-0.2, -0.15) is 0 Å². The van der Waals surface area contributed by atoms with Gasteiger partial charge < -0.3 is 0 Å². The van der Waals surface area contributed by atoms with Gasteiger partial charge in [-0.3, -0.25) is 4.99 Å². The lowest BCUT2D eigenvalue weighted by Gasteiger charge is -2.03. The zero-order valence-electron chi connectivity index (χ0n) is 9.12. The van der Waals surface area contributed by atoms with Crippen molar-refractivity contribution < 1.29 is 0 Å². The normalized spacial score (nSPS) is 12.4. The number of rotatable bonds is 3. The van der Waals surface area contributed by atoms with Crippen molar-refractivity contribution in [3.05, 3.63) is 41.5 Å². The molecule has 0 amide bonds. The van der Waals surface area contributed by atoms with Crippen molar-refractivity contribution >= 4 is 11.9 Å². The van der Waals surface area contributed by atoms with E-state index >= 15 is 0 Å². The molecule has 0 aliphatic carbocycles. The minimum atomic E-state index is 1.04. The largest absolute Gasteiger partial charge is 0.261 e. The summed E-state index contributed by atoms with van der Waals surface area (Å²) in [6.07, 6.45) is 4.93. The standard InChI is InChI=1S/C13H17N/c1-4-11-8-7-9-12(10-11)13(5-2)14-6-3/h5-10H,4H2,1-3H3/b13-5-,14-6?. The minimum absolute atomic E-state index is 1.04. The van der Waals surface area contributed by atoms with Crippen molar-refractivity contribution in [3.63, 3.8) is 0 Å². The molecule has 1 nitrogen and oxygen atoms in total. The molecule has 1 heteroatoms. The third kappa shape index (κ3) is 2.56. The van der Waals surface area contributed by atoms with Crippen molar-refractivity contribution in [1.82, 2.24) is 0 Å². The Morgan fingerprint density at radius 3 is 2.71 bits per heavy atom. The SMILES string of the molecule is CC=N/C(=C\C)c1cccc(CC)c1. The Hall–Kier alpha value is -1.37. The molecule has 1 rings (SSSR count). The van der Waals surface area contributed by atoms with E-state index in [2.05, 4.69) is 36.2 Å².